The van der Waals surface area contributed by atoms with Crippen molar-refractivity contribution in [1.82, 2.24) is 4.98 Å². The lowest BCUT2D eigenvalue weighted by Crippen LogP contribution is -2.35. The number of nitrogens with one attached hydrogen (secondary N) is 1. The van der Waals surface area contributed by atoms with Crippen molar-refractivity contribution in [2.24, 2.45) is 0 Å². The van der Waals surface area contributed by atoms with Crippen molar-refractivity contribution in [2.75, 3.05) is 11.9 Å². The van der Waals surface area contributed by atoms with Crippen molar-refractivity contribution in [2.45, 2.75) is 19.4 Å². The average molecular weight is 245 g/mol. The molecule has 0 saturated carbocycles. The lowest BCUT2D eigenvalue weighted by atomic mass is 10.1. The summed E-state index contributed by atoms with van der Waals surface area (Å²) in [6.07, 6.45) is 3.43. The fourth-order valence-corrected chi connectivity index (χ4v) is 1.23. The first-order chi connectivity index (χ1) is 6.05. The minimum atomic E-state index is -0.316. The summed E-state index contributed by atoms with van der Waals surface area (Å²) in [5, 5.41) is 12.3. The summed E-state index contributed by atoms with van der Waals surface area (Å²) in [6.45, 7) is 3.95. The molecule has 2 N–H and O–H groups in total. The van der Waals surface area contributed by atoms with E-state index in [0.717, 1.165) is 10.2 Å². The SMILES string of the molecule is CC(C)(CO)Nc1ccncc1Br. The number of pyridine rings is 1. The molecule has 0 amide bonds. The topological polar surface area (TPSA) is 45.1 Å². The number of aliphatic hydroxyl groups excluding tert-OH is 1. The summed E-state index contributed by atoms with van der Waals surface area (Å²) < 4.78 is 0.900. The Labute approximate surface area is 86.3 Å². The molecule has 13 heavy (non-hydrogen) atoms. The minimum absolute atomic E-state index is 0.0851. The number of aliphatic hydroxyl groups is 1. The number of rotatable bonds is 3. The molecule has 0 saturated heterocycles. The highest BCUT2D eigenvalue weighted by Gasteiger charge is 2.16. The van der Waals surface area contributed by atoms with Crippen LogP contribution in [0.25, 0.3) is 0 Å². The van der Waals surface area contributed by atoms with E-state index in [2.05, 4.69) is 26.2 Å². The lowest BCUT2D eigenvalue weighted by molar-refractivity contribution is 0.234. The van der Waals surface area contributed by atoms with E-state index in [9.17, 15) is 0 Å². The Bertz CT molecular complexity index is 289. The lowest BCUT2D eigenvalue weighted by Gasteiger charge is -2.25. The van der Waals surface area contributed by atoms with Gasteiger partial charge in [-0.25, -0.2) is 0 Å². The molecular weight excluding hydrogens is 232 g/mol. The van der Waals surface area contributed by atoms with Crippen molar-refractivity contribution in [3.63, 3.8) is 0 Å². The number of halogens is 1. The smallest absolute Gasteiger partial charge is 0.0656 e. The summed E-state index contributed by atoms with van der Waals surface area (Å²) in [7, 11) is 0. The Morgan fingerprint density at radius 3 is 2.85 bits per heavy atom. The van der Waals surface area contributed by atoms with E-state index in [-0.39, 0.29) is 12.1 Å². The van der Waals surface area contributed by atoms with E-state index >= 15 is 0 Å². The van der Waals surface area contributed by atoms with Crippen LogP contribution >= 0.6 is 15.9 Å². The first-order valence-corrected chi connectivity index (χ1v) is 4.83. The minimum Gasteiger partial charge on any atom is -0.394 e. The molecule has 1 rings (SSSR count). The first kappa shape index (κ1) is 10.5. The van der Waals surface area contributed by atoms with Crippen molar-refractivity contribution >= 4 is 21.6 Å². The fourth-order valence-electron chi connectivity index (χ4n) is 0.881. The molecule has 0 aliphatic heterocycles. The van der Waals surface area contributed by atoms with Gasteiger partial charge >= 0.3 is 0 Å². The molecule has 0 bridgehead atoms. The average Bonchev–Trinajstić information content (AvgIpc) is 2.09. The van der Waals surface area contributed by atoms with Crippen LogP contribution in [0.2, 0.25) is 0 Å². The van der Waals surface area contributed by atoms with Gasteiger partial charge in [0.05, 0.1) is 22.3 Å². The highest BCUT2D eigenvalue weighted by Crippen LogP contribution is 2.23. The van der Waals surface area contributed by atoms with E-state index < -0.39 is 0 Å². The van der Waals surface area contributed by atoms with Gasteiger partial charge in [-0.1, -0.05) is 0 Å². The van der Waals surface area contributed by atoms with Gasteiger partial charge < -0.3 is 10.4 Å². The van der Waals surface area contributed by atoms with Gasteiger partial charge in [0.15, 0.2) is 0 Å². The molecule has 1 aromatic rings. The van der Waals surface area contributed by atoms with Crippen molar-refractivity contribution in [3.8, 4) is 0 Å². The molecule has 0 radical (unpaired) electrons. The van der Waals surface area contributed by atoms with Crippen LogP contribution in [0.5, 0.6) is 0 Å². The molecule has 0 aromatic carbocycles. The second kappa shape index (κ2) is 4.07. The molecule has 72 valence electrons. The quantitative estimate of drug-likeness (QED) is 0.856. The third-order valence-electron chi connectivity index (χ3n) is 1.64. The molecule has 0 unspecified atom stereocenters. The predicted octanol–water partition coefficient (Wildman–Crippen LogP) is 2.03. The van der Waals surface area contributed by atoms with Gasteiger partial charge in [-0.05, 0) is 35.8 Å². The number of hydrogen-bond donors (Lipinski definition) is 2. The molecule has 0 fully saturated rings. The second-order valence-corrected chi connectivity index (χ2v) is 4.38. The first-order valence-electron chi connectivity index (χ1n) is 4.04. The summed E-state index contributed by atoms with van der Waals surface area (Å²) in [4.78, 5) is 3.95. The van der Waals surface area contributed by atoms with E-state index in [0.29, 0.717) is 0 Å². The standard InChI is InChI=1S/C9H13BrN2O/c1-9(2,6-13)12-8-3-4-11-5-7(8)10/h3-5,13H,6H2,1-2H3,(H,11,12). The van der Waals surface area contributed by atoms with Crippen LogP contribution in [0, 0.1) is 0 Å². The van der Waals surface area contributed by atoms with Crippen molar-refractivity contribution < 1.29 is 5.11 Å². The number of anilines is 1. The van der Waals surface area contributed by atoms with Crippen LogP contribution in [0.4, 0.5) is 5.69 Å². The van der Waals surface area contributed by atoms with Crippen LogP contribution in [-0.4, -0.2) is 22.2 Å². The van der Waals surface area contributed by atoms with Crippen LogP contribution in [0.1, 0.15) is 13.8 Å². The van der Waals surface area contributed by atoms with E-state index in [1.165, 1.54) is 0 Å². The monoisotopic (exact) mass is 244 g/mol. The Morgan fingerprint density at radius 2 is 2.31 bits per heavy atom. The number of hydrogen-bond acceptors (Lipinski definition) is 3. The highest BCUT2D eigenvalue weighted by molar-refractivity contribution is 9.10. The van der Waals surface area contributed by atoms with Gasteiger partial charge in [0.2, 0.25) is 0 Å². The maximum atomic E-state index is 9.05. The highest BCUT2D eigenvalue weighted by atomic mass is 79.9. The van der Waals surface area contributed by atoms with Gasteiger partial charge in [-0.2, -0.15) is 0 Å². The van der Waals surface area contributed by atoms with Crippen molar-refractivity contribution in [3.05, 3.63) is 22.9 Å². The van der Waals surface area contributed by atoms with Crippen LogP contribution in [0.15, 0.2) is 22.9 Å². The second-order valence-electron chi connectivity index (χ2n) is 3.52. The molecule has 0 atom stereocenters. The Kier molecular flexibility index (Phi) is 3.27. The predicted molar refractivity (Wildman–Crippen MR) is 56.7 cm³/mol. The van der Waals surface area contributed by atoms with Crippen LogP contribution in [-0.2, 0) is 0 Å². The molecule has 1 heterocycles. The molecule has 0 aliphatic carbocycles. The number of nitrogens with zero attached hydrogens (tertiary/aromatic N) is 1. The summed E-state index contributed by atoms with van der Waals surface area (Å²) in [5.74, 6) is 0. The largest absolute Gasteiger partial charge is 0.394 e. The van der Waals surface area contributed by atoms with E-state index in [4.69, 9.17) is 5.11 Å². The zero-order valence-corrected chi connectivity index (χ0v) is 9.30. The fraction of sp³-hybridized carbons (Fsp3) is 0.444. The molecular formula is C9H13BrN2O. The van der Waals surface area contributed by atoms with Gasteiger partial charge in [0.1, 0.15) is 0 Å². The zero-order chi connectivity index (χ0) is 9.90. The third-order valence-corrected chi connectivity index (χ3v) is 2.27. The molecule has 0 aliphatic rings. The van der Waals surface area contributed by atoms with E-state index in [1.54, 1.807) is 12.4 Å². The van der Waals surface area contributed by atoms with E-state index in [1.807, 2.05) is 19.9 Å². The van der Waals surface area contributed by atoms with Gasteiger partial charge in [0.25, 0.3) is 0 Å². The Hall–Kier alpha value is -0.610. The van der Waals surface area contributed by atoms with Gasteiger partial charge in [-0.15, -0.1) is 0 Å². The maximum absolute atomic E-state index is 9.05. The molecule has 3 nitrogen and oxygen atoms in total. The van der Waals surface area contributed by atoms with Crippen LogP contribution in [0.3, 0.4) is 0 Å². The summed E-state index contributed by atoms with van der Waals surface area (Å²) in [6, 6.07) is 1.86. The molecule has 4 heteroatoms. The van der Waals surface area contributed by atoms with Crippen LogP contribution < -0.4 is 5.32 Å². The molecule has 0 spiro atoms. The zero-order valence-electron chi connectivity index (χ0n) is 7.71. The third kappa shape index (κ3) is 2.97. The van der Waals surface area contributed by atoms with Gasteiger partial charge in [-0.3, -0.25) is 4.98 Å². The summed E-state index contributed by atoms with van der Waals surface area (Å²) >= 11 is 3.37. The maximum Gasteiger partial charge on any atom is 0.0656 e. The molecule has 1 aromatic heterocycles. The summed E-state index contributed by atoms with van der Waals surface area (Å²) in [5.41, 5.74) is 0.623. The Morgan fingerprint density at radius 1 is 1.62 bits per heavy atom. The number of aromatic nitrogens is 1. The normalized spacial score (nSPS) is 11.4. The van der Waals surface area contributed by atoms with Gasteiger partial charge in [0, 0.05) is 12.4 Å². The Balaban J connectivity index is 2.80. The van der Waals surface area contributed by atoms with Crippen molar-refractivity contribution in [1.29, 1.82) is 0 Å².